The van der Waals surface area contributed by atoms with E-state index in [1.54, 1.807) is 26.8 Å². The van der Waals surface area contributed by atoms with E-state index in [1.807, 2.05) is 6.08 Å². The fourth-order valence-electron chi connectivity index (χ4n) is 8.37. The van der Waals surface area contributed by atoms with Crippen LogP contribution in [0.3, 0.4) is 0 Å². The fraction of sp³-hybridized carbons (Fsp3) is 0.625. The van der Waals surface area contributed by atoms with Crippen LogP contribution in [0.5, 0.6) is 11.5 Å². The molecule has 2 aliphatic carbocycles. The molecule has 15 nitrogen and oxygen atoms in total. The lowest BCUT2D eigenvalue weighted by Gasteiger charge is -2.39. The summed E-state index contributed by atoms with van der Waals surface area (Å²) < 4.78 is 88.8. The van der Waals surface area contributed by atoms with E-state index >= 15 is 0 Å². The number of alkyl carbamates (subject to hydrolysis) is 1. The third-order valence-electron chi connectivity index (χ3n) is 12.0. The molecule has 3 aliphatic heterocycles. The van der Waals surface area contributed by atoms with Crippen LogP contribution in [0, 0.1) is 5.92 Å². The van der Waals surface area contributed by atoms with Crippen molar-refractivity contribution in [3.05, 3.63) is 41.6 Å². The number of hydrogen-bond donors (Lipinski definition) is 4. The first-order valence-electron chi connectivity index (χ1n) is 19.8. The van der Waals surface area contributed by atoms with Crippen LogP contribution >= 0.6 is 0 Å². The van der Waals surface area contributed by atoms with E-state index in [2.05, 4.69) is 20.3 Å². The Morgan fingerprint density at radius 2 is 1.81 bits per heavy atom. The van der Waals surface area contributed by atoms with Gasteiger partial charge in [0.15, 0.2) is 11.4 Å². The van der Waals surface area contributed by atoms with Crippen LogP contribution in [0.1, 0.15) is 109 Å². The van der Waals surface area contributed by atoms with E-state index in [4.69, 9.17) is 14.2 Å². The summed E-state index contributed by atoms with van der Waals surface area (Å²) in [6.07, 6.45) is -1.56. The summed E-state index contributed by atoms with van der Waals surface area (Å²) in [4.78, 5) is 61.4. The van der Waals surface area contributed by atoms with E-state index in [1.165, 1.54) is 32.2 Å². The first kappa shape index (κ1) is 42.5. The predicted molar refractivity (Wildman–Crippen MR) is 205 cm³/mol. The second kappa shape index (κ2) is 14.8. The number of fused-ring (bicyclic) bond motifs is 5. The minimum absolute atomic E-state index is 0.0433. The molecule has 4 heterocycles. The maximum atomic E-state index is 14.8. The van der Waals surface area contributed by atoms with Gasteiger partial charge in [0, 0.05) is 29.7 Å². The molecule has 5 aliphatic rings. The number of allylic oxidation sites excluding steroid dienone is 1. The molecule has 0 bridgehead atoms. The number of carbonyl (C=O) groups is 4. The fourth-order valence-corrected chi connectivity index (χ4v) is 9.68. The van der Waals surface area contributed by atoms with Gasteiger partial charge in [-0.2, -0.15) is 13.2 Å². The molecular weight excluding hydrogens is 800 g/mol. The van der Waals surface area contributed by atoms with Gasteiger partial charge < -0.3 is 34.9 Å². The number of benzene rings is 1. The van der Waals surface area contributed by atoms with Crippen LogP contribution in [-0.2, 0) is 35.3 Å². The van der Waals surface area contributed by atoms with Crippen LogP contribution < -0.4 is 24.8 Å². The Labute approximate surface area is 339 Å². The number of halogens is 3. The summed E-state index contributed by atoms with van der Waals surface area (Å²) in [7, 11) is -2.75. The molecule has 1 aromatic heterocycles. The molecule has 4 N–H and O–H groups in total. The van der Waals surface area contributed by atoms with Gasteiger partial charge >= 0.3 is 12.3 Å². The molecule has 6 atom stereocenters. The molecule has 7 rings (SSSR count). The normalized spacial score (nSPS) is 30.0. The Morgan fingerprint density at radius 3 is 2.47 bits per heavy atom. The molecule has 4 amide bonds. The van der Waals surface area contributed by atoms with Crippen molar-refractivity contribution in [3.8, 4) is 11.5 Å². The van der Waals surface area contributed by atoms with Gasteiger partial charge in [0.25, 0.3) is 5.91 Å². The van der Waals surface area contributed by atoms with Gasteiger partial charge in [-0.15, -0.1) is 0 Å². The van der Waals surface area contributed by atoms with E-state index in [9.17, 15) is 45.9 Å². The number of alkyl halides is 3. The zero-order valence-corrected chi connectivity index (χ0v) is 34.3. The van der Waals surface area contributed by atoms with Crippen LogP contribution in [-0.4, -0.2) is 94.4 Å². The van der Waals surface area contributed by atoms with Crippen LogP contribution in [0.25, 0.3) is 10.9 Å². The molecule has 2 saturated carbocycles. The van der Waals surface area contributed by atoms with Crippen molar-refractivity contribution in [3.63, 3.8) is 0 Å². The number of nitrogens with one attached hydrogen (secondary N) is 3. The van der Waals surface area contributed by atoms with Crippen molar-refractivity contribution >= 4 is 44.7 Å². The molecule has 1 spiro atoms. The number of ether oxygens (including phenoxy) is 3. The van der Waals surface area contributed by atoms with Gasteiger partial charge in [-0.3, -0.25) is 19.1 Å². The summed E-state index contributed by atoms with van der Waals surface area (Å²) in [6, 6.07) is 1.43. The van der Waals surface area contributed by atoms with Crippen molar-refractivity contribution in [2.75, 3.05) is 13.7 Å². The SMILES string of the molecule is COc1ccc2nc(C(F)(F)F)c3c(c2c1)[C@@H](O)C[C@]1(C[C@H]2C(=O)N[C@]4(C(=O)NS(=O)(=O)C5(C)CC5)C[C@@H]4/C=C\CCCCC[C@H](NC(=O)OC(C)(C)C)C(=O)N2C1)O3. The topological polar surface area (TPSA) is 203 Å². The zero-order valence-electron chi connectivity index (χ0n) is 33.5. The van der Waals surface area contributed by atoms with Crippen LogP contribution in [0.2, 0.25) is 0 Å². The third-order valence-corrected chi connectivity index (χ3v) is 14.1. The molecule has 59 heavy (non-hydrogen) atoms. The summed E-state index contributed by atoms with van der Waals surface area (Å²) in [6.45, 7) is 5.93. The molecule has 0 radical (unpaired) electrons. The maximum absolute atomic E-state index is 14.8. The average molecular weight is 850 g/mol. The highest BCUT2D eigenvalue weighted by molar-refractivity contribution is 7.91. The Morgan fingerprint density at radius 1 is 1.08 bits per heavy atom. The van der Waals surface area contributed by atoms with Gasteiger partial charge in [0.1, 0.15) is 34.6 Å². The van der Waals surface area contributed by atoms with E-state index in [-0.39, 0.29) is 41.5 Å². The zero-order chi connectivity index (χ0) is 42.9. The molecule has 3 fully saturated rings. The number of aliphatic hydroxyl groups excluding tert-OH is 1. The summed E-state index contributed by atoms with van der Waals surface area (Å²) in [5, 5.41) is 17.3. The van der Waals surface area contributed by atoms with Gasteiger partial charge in [-0.05, 0) is 84.4 Å². The quantitative estimate of drug-likeness (QED) is 0.304. The minimum atomic E-state index is -5.05. The Bertz CT molecular complexity index is 2210. The number of nitrogens with zero attached hydrogens (tertiary/aromatic N) is 2. The lowest BCUT2D eigenvalue weighted by Crippen LogP contribution is -2.58. The van der Waals surface area contributed by atoms with Crippen molar-refractivity contribution < 1.29 is 60.1 Å². The summed E-state index contributed by atoms with van der Waals surface area (Å²) in [5.41, 5.74) is -6.14. The van der Waals surface area contributed by atoms with Crippen molar-refractivity contribution in [1.82, 2.24) is 25.2 Å². The highest BCUT2D eigenvalue weighted by Gasteiger charge is 2.64. The number of rotatable bonds is 5. The lowest BCUT2D eigenvalue weighted by atomic mass is 9.85. The molecule has 0 unspecified atom stereocenters. The van der Waals surface area contributed by atoms with Gasteiger partial charge in [-0.25, -0.2) is 18.2 Å². The highest BCUT2D eigenvalue weighted by atomic mass is 32.2. The second-order valence-corrected chi connectivity index (χ2v) is 19.9. The largest absolute Gasteiger partial charge is 0.497 e. The molecule has 322 valence electrons. The van der Waals surface area contributed by atoms with Gasteiger partial charge in [0.2, 0.25) is 21.8 Å². The van der Waals surface area contributed by atoms with Crippen molar-refractivity contribution in [1.29, 1.82) is 0 Å². The van der Waals surface area contributed by atoms with Crippen molar-refractivity contribution in [2.45, 2.75) is 138 Å². The third kappa shape index (κ3) is 8.28. The number of hydrogen-bond acceptors (Lipinski definition) is 11. The smallest absolute Gasteiger partial charge is 0.437 e. The Kier molecular flexibility index (Phi) is 10.7. The van der Waals surface area contributed by atoms with Crippen molar-refractivity contribution in [2.24, 2.45) is 5.92 Å². The number of sulfonamides is 1. The van der Waals surface area contributed by atoms with E-state index < -0.39 is 110 Å². The number of aromatic nitrogens is 1. The number of carbonyl (C=O) groups excluding carboxylic acids is 4. The van der Waals surface area contributed by atoms with Crippen LogP contribution in [0.4, 0.5) is 18.0 Å². The van der Waals surface area contributed by atoms with Gasteiger partial charge in [-0.1, -0.05) is 25.0 Å². The number of amides is 4. The second-order valence-electron chi connectivity index (χ2n) is 17.7. The molecular formula is C40H50F3N5O10S. The summed E-state index contributed by atoms with van der Waals surface area (Å²) in [5.74, 6) is -3.70. The van der Waals surface area contributed by atoms with Crippen LogP contribution in [0.15, 0.2) is 30.4 Å². The number of aliphatic hydroxyl groups is 1. The average Bonchev–Trinajstić information content (AvgIpc) is 4.03. The molecule has 1 saturated heterocycles. The van der Waals surface area contributed by atoms with Gasteiger partial charge in [0.05, 0.1) is 30.0 Å². The monoisotopic (exact) mass is 849 g/mol. The Hall–Kier alpha value is -4.65. The highest BCUT2D eigenvalue weighted by Crippen LogP contribution is 2.53. The minimum Gasteiger partial charge on any atom is -0.497 e. The predicted octanol–water partition coefficient (Wildman–Crippen LogP) is 4.70. The first-order valence-corrected chi connectivity index (χ1v) is 21.3. The first-order chi connectivity index (χ1) is 27.5. The molecule has 1 aromatic carbocycles. The maximum Gasteiger partial charge on any atom is 0.437 e. The molecule has 2 aromatic rings. The standard InChI is InChI=1S/C40H50F3N5O10S/c1-36(2,3)58-35(53)45-26-12-10-8-6-7-9-11-22-18-39(22,34(52)47-59(54,55)37(4)15-16-37)46-32(50)27-19-38(21-48(27)33(26)51)20-28(49)29-24-17-23(56-5)13-14-25(24)44-31(30(29)57-38)40(41,42)43/h9,11,13-14,17,22,26-28,49H,6-8,10,12,15-16,18-21H2,1-5H3,(H,45,53)(H,46,50)(H,47,52)/b11-9-/t22-,26-,27-,28-,38-,39+/m0/s1. The molecule has 19 heteroatoms. The number of pyridine rings is 1. The Balaban J connectivity index is 1.29. The van der Waals surface area contributed by atoms with E-state index in [0.29, 0.717) is 38.5 Å². The summed E-state index contributed by atoms with van der Waals surface area (Å²) >= 11 is 0. The number of methoxy groups -OCH3 is 1. The van der Waals surface area contributed by atoms with E-state index in [0.717, 1.165) is 4.90 Å². The lowest BCUT2D eigenvalue weighted by molar-refractivity contribution is -0.145.